The first-order valence-electron chi connectivity index (χ1n) is 8.40. The van der Waals surface area contributed by atoms with E-state index in [1.54, 1.807) is 0 Å². The molecule has 118 valence electrons. The van der Waals surface area contributed by atoms with Gasteiger partial charge in [-0.2, -0.15) is 0 Å². The highest BCUT2D eigenvalue weighted by Gasteiger charge is 2.36. The maximum absolute atomic E-state index is 12.6. The van der Waals surface area contributed by atoms with E-state index in [-0.39, 0.29) is 5.97 Å². The zero-order chi connectivity index (χ0) is 15.8. The number of carbonyl (C=O) groups excluding carboxylic acids is 1. The Morgan fingerprint density at radius 1 is 1.17 bits per heavy atom. The number of nitrogens with zero attached hydrogens (tertiary/aromatic N) is 1. The first kappa shape index (κ1) is 14.3. The van der Waals surface area contributed by atoms with Gasteiger partial charge in [-0.25, -0.2) is 4.79 Å². The van der Waals surface area contributed by atoms with Gasteiger partial charge in [0.05, 0.1) is 6.61 Å². The first-order chi connectivity index (χ1) is 11.3. The Kier molecular flexibility index (Phi) is 3.56. The van der Waals surface area contributed by atoms with Gasteiger partial charge in [-0.15, -0.1) is 0 Å². The summed E-state index contributed by atoms with van der Waals surface area (Å²) in [4.78, 5) is 12.6. The smallest absolute Gasteiger partial charge is 0.355 e. The van der Waals surface area contributed by atoms with Crippen LogP contribution in [0.15, 0.2) is 48.7 Å². The lowest BCUT2D eigenvalue weighted by atomic mass is 9.72. The van der Waals surface area contributed by atoms with E-state index in [2.05, 4.69) is 35.0 Å². The Morgan fingerprint density at radius 3 is 2.61 bits per heavy atom. The number of benzene rings is 1. The Balaban J connectivity index is 1.79. The van der Waals surface area contributed by atoms with Crippen molar-refractivity contribution in [2.24, 2.45) is 0 Å². The minimum absolute atomic E-state index is 0.189. The topological polar surface area (TPSA) is 31.2 Å². The third-order valence-electron chi connectivity index (χ3n) is 4.95. The molecule has 0 amide bonds. The molecule has 3 heteroatoms. The fraction of sp³-hybridized carbons (Fsp3) is 0.350. The van der Waals surface area contributed by atoms with Crippen LogP contribution >= 0.6 is 0 Å². The summed E-state index contributed by atoms with van der Waals surface area (Å²) in [5.41, 5.74) is 4.48. The molecule has 2 bridgehead atoms. The average molecular weight is 307 g/mol. The van der Waals surface area contributed by atoms with Crippen molar-refractivity contribution in [1.82, 2.24) is 4.57 Å². The highest BCUT2D eigenvalue weighted by molar-refractivity contribution is 5.91. The van der Waals surface area contributed by atoms with Gasteiger partial charge in [-0.3, -0.25) is 0 Å². The fourth-order valence-corrected chi connectivity index (χ4v) is 3.93. The molecule has 5 rings (SSSR count). The van der Waals surface area contributed by atoms with E-state index in [4.69, 9.17) is 4.74 Å². The summed E-state index contributed by atoms with van der Waals surface area (Å²) in [5.74, 6) is 0.636. The van der Waals surface area contributed by atoms with Crippen molar-refractivity contribution in [3.05, 3.63) is 71.1 Å². The minimum atomic E-state index is -0.189. The number of ether oxygens (including phenoxy) is 1. The summed E-state index contributed by atoms with van der Waals surface area (Å²) in [7, 11) is 0. The van der Waals surface area contributed by atoms with Crippen LogP contribution in [-0.4, -0.2) is 17.1 Å². The molecule has 0 N–H and O–H groups in total. The van der Waals surface area contributed by atoms with Gasteiger partial charge in [0.2, 0.25) is 0 Å². The van der Waals surface area contributed by atoms with Crippen LogP contribution in [0.1, 0.15) is 58.8 Å². The Labute approximate surface area is 136 Å². The summed E-state index contributed by atoms with van der Waals surface area (Å²) in [6.45, 7) is 2.98. The number of rotatable bonds is 4. The highest BCUT2D eigenvalue weighted by Crippen LogP contribution is 2.47. The second-order valence-corrected chi connectivity index (χ2v) is 6.36. The van der Waals surface area contributed by atoms with E-state index >= 15 is 0 Å². The molecular formula is C20H21NO2. The molecule has 2 aromatic rings. The predicted octanol–water partition coefficient (Wildman–Crippen LogP) is 4.24. The number of hydrogen-bond acceptors (Lipinski definition) is 2. The van der Waals surface area contributed by atoms with Crippen molar-refractivity contribution in [3.63, 3.8) is 0 Å². The summed E-state index contributed by atoms with van der Waals surface area (Å²) < 4.78 is 7.45. The molecule has 1 heterocycles. The molecule has 0 spiro atoms. The lowest BCUT2D eigenvalue weighted by Crippen LogP contribution is -2.20. The zero-order valence-corrected chi connectivity index (χ0v) is 13.4. The molecule has 0 radical (unpaired) electrons. The lowest BCUT2D eigenvalue weighted by molar-refractivity contribution is 0.0512. The molecule has 23 heavy (non-hydrogen) atoms. The molecule has 0 saturated heterocycles. The van der Waals surface area contributed by atoms with Gasteiger partial charge in [0.1, 0.15) is 5.69 Å². The second-order valence-electron chi connectivity index (χ2n) is 6.36. The fourth-order valence-electron chi connectivity index (χ4n) is 3.93. The van der Waals surface area contributed by atoms with Crippen LogP contribution in [0.5, 0.6) is 0 Å². The molecule has 1 aromatic heterocycles. The number of esters is 1. The Bertz CT molecular complexity index is 757. The van der Waals surface area contributed by atoms with Crippen molar-refractivity contribution in [2.45, 2.75) is 38.1 Å². The van der Waals surface area contributed by atoms with Crippen molar-refractivity contribution in [3.8, 4) is 0 Å². The van der Waals surface area contributed by atoms with E-state index in [1.165, 1.54) is 23.1 Å². The summed E-state index contributed by atoms with van der Waals surface area (Å²) in [5, 5.41) is 0. The van der Waals surface area contributed by atoms with Crippen LogP contribution in [0.3, 0.4) is 0 Å². The van der Waals surface area contributed by atoms with Crippen LogP contribution in [-0.2, 0) is 11.3 Å². The van der Waals surface area contributed by atoms with E-state index in [9.17, 15) is 4.79 Å². The van der Waals surface area contributed by atoms with E-state index in [1.807, 2.05) is 25.1 Å². The van der Waals surface area contributed by atoms with Gasteiger partial charge in [0.25, 0.3) is 0 Å². The zero-order valence-electron chi connectivity index (χ0n) is 13.4. The molecule has 3 aliphatic rings. The molecular weight excluding hydrogens is 286 g/mol. The largest absolute Gasteiger partial charge is 0.461 e. The van der Waals surface area contributed by atoms with Crippen LogP contribution in [0.2, 0.25) is 0 Å². The van der Waals surface area contributed by atoms with E-state index in [0.717, 1.165) is 12.1 Å². The minimum Gasteiger partial charge on any atom is -0.461 e. The number of hydrogen-bond donors (Lipinski definition) is 0. The lowest BCUT2D eigenvalue weighted by Gasteiger charge is -2.31. The number of carbonyl (C=O) groups is 1. The first-order valence-corrected chi connectivity index (χ1v) is 8.40. The summed E-state index contributed by atoms with van der Waals surface area (Å²) >= 11 is 0. The van der Waals surface area contributed by atoms with E-state index in [0.29, 0.717) is 25.0 Å². The highest BCUT2D eigenvalue weighted by atomic mass is 16.5. The second kappa shape index (κ2) is 5.73. The number of fused-ring (bicyclic) bond motifs is 1. The van der Waals surface area contributed by atoms with Gasteiger partial charge < -0.3 is 9.30 Å². The van der Waals surface area contributed by atoms with Gasteiger partial charge in [0.15, 0.2) is 0 Å². The predicted molar refractivity (Wildman–Crippen MR) is 89.8 cm³/mol. The summed E-state index contributed by atoms with van der Waals surface area (Å²) in [6, 6.07) is 10.3. The van der Waals surface area contributed by atoms with Crippen molar-refractivity contribution >= 4 is 5.97 Å². The van der Waals surface area contributed by atoms with Crippen LogP contribution in [0.4, 0.5) is 0 Å². The van der Waals surface area contributed by atoms with Gasteiger partial charge in [-0.05, 0) is 36.5 Å². The van der Waals surface area contributed by atoms with Gasteiger partial charge >= 0.3 is 5.97 Å². The van der Waals surface area contributed by atoms with Crippen LogP contribution in [0, 0.1) is 0 Å². The molecule has 1 aromatic carbocycles. The molecule has 0 aliphatic heterocycles. The quantitative estimate of drug-likeness (QED) is 0.625. The van der Waals surface area contributed by atoms with Crippen molar-refractivity contribution in [1.29, 1.82) is 0 Å². The molecule has 0 saturated carbocycles. The molecule has 2 atom stereocenters. The van der Waals surface area contributed by atoms with Gasteiger partial charge in [-0.1, -0.05) is 42.5 Å². The summed E-state index contributed by atoms with van der Waals surface area (Å²) in [6.07, 6.45) is 9.07. The van der Waals surface area contributed by atoms with Crippen LogP contribution < -0.4 is 0 Å². The maximum atomic E-state index is 12.6. The van der Waals surface area contributed by atoms with Gasteiger partial charge in [0, 0.05) is 24.6 Å². The van der Waals surface area contributed by atoms with Crippen molar-refractivity contribution < 1.29 is 9.53 Å². The number of aromatic nitrogens is 1. The standard InChI is InChI=1S/C20H21NO2/c1-2-23-20(22)19-18-16-10-8-15(9-11-16)17(18)13-21(19)12-14-6-4-3-5-7-14/h3-8,10,13,15-16H,2,9,11-12H2,1H3. The third-order valence-corrected chi connectivity index (χ3v) is 4.95. The number of allylic oxidation sites excluding steroid dienone is 2. The maximum Gasteiger partial charge on any atom is 0.355 e. The Hall–Kier alpha value is -2.29. The monoisotopic (exact) mass is 307 g/mol. The van der Waals surface area contributed by atoms with E-state index < -0.39 is 0 Å². The SMILES string of the molecule is CCOC(=O)c1c2c(cn1Cc1ccccc1)C1C=CC2CC1. The molecule has 0 fully saturated rings. The van der Waals surface area contributed by atoms with Crippen molar-refractivity contribution in [2.75, 3.05) is 6.61 Å². The molecule has 2 unspecified atom stereocenters. The van der Waals surface area contributed by atoms with Crippen LogP contribution in [0.25, 0.3) is 0 Å². The molecule has 3 aliphatic carbocycles. The Morgan fingerprint density at radius 2 is 1.91 bits per heavy atom. The third kappa shape index (κ3) is 2.40. The normalized spacial score (nSPS) is 21.3. The average Bonchev–Trinajstić information content (AvgIpc) is 2.98. The molecule has 3 nitrogen and oxygen atoms in total.